The molecule has 0 atom stereocenters. The second-order valence-corrected chi connectivity index (χ2v) is 7.19. The molecule has 5 nitrogen and oxygen atoms in total. The van der Waals surface area contributed by atoms with E-state index in [1.165, 1.54) is 0 Å². The lowest BCUT2D eigenvalue weighted by molar-refractivity contribution is -0.115. The highest BCUT2D eigenvalue weighted by atomic mass is 79.9. The molecule has 1 N–H and O–H groups in total. The number of fused-ring (bicyclic) bond motifs is 1. The highest BCUT2D eigenvalue weighted by Crippen LogP contribution is 2.15. The molecule has 6 heteroatoms. The van der Waals surface area contributed by atoms with Crippen molar-refractivity contribution in [1.29, 1.82) is 0 Å². The molecular weight excluding hydrogens is 404 g/mol. The van der Waals surface area contributed by atoms with Crippen LogP contribution >= 0.6 is 15.9 Å². The number of benzene rings is 2. The van der Waals surface area contributed by atoms with Gasteiger partial charge in [0, 0.05) is 22.8 Å². The van der Waals surface area contributed by atoms with E-state index in [1.54, 1.807) is 0 Å². The Balaban J connectivity index is 1.40. The molecule has 0 aliphatic rings. The van der Waals surface area contributed by atoms with Gasteiger partial charge >= 0.3 is 0 Å². The van der Waals surface area contributed by atoms with Gasteiger partial charge in [-0.25, -0.2) is 0 Å². The van der Waals surface area contributed by atoms with Crippen LogP contribution < -0.4 is 5.32 Å². The molecule has 134 valence electrons. The van der Waals surface area contributed by atoms with Crippen molar-refractivity contribution in [2.45, 2.75) is 12.8 Å². The molecule has 0 aliphatic carbocycles. The molecule has 0 radical (unpaired) electrons. The third-order valence-corrected chi connectivity index (χ3v) is 4.73. The molecule has 0 fully saturated rings. The van der Waals surface area contributed by atoms with Gasteiger partial charge in [-0.05, 0) is 47.5 Å². The predicted molar refractivity (Wildman–Crippen MR) is 109 cm³/mol. The van der Waals surface area contributed by atoms with Crippen molar-refractivity contribution < 1.29 is 4.79 Å². The van der Waals surface area contributed by atoms with Crippen LogP contribution in [0.1, 0.15) is 17.0 Å². The minimum Gasteiger partial charge on any atom is -0.326 e. The largest absolute Gasteiger partial charge is 0.326 e. The van der Waals surface area contributed by atoms with Crippen molar-refractivity contribution in [1.82, 2.24) is 14.6 Å². The highest BCUT2D eigenvalue weighted by Gasteiger charge is 2.07. The van der Waals surface area contributed by atoms with E-state index in [9.17, 15) is 4.79 Å². The number of rotatable bonds is 5. The number of amides is 1. The van der Waals surface area contributed by atoms with E-state index in [0.717, 1.165) is 32.8 Å². The number of carbonyl (C=O) groups excluding carboxylic acids is 1. The Hall–Kier alpha value is -2.99. The van der Waals surface area contributed by atoms with Gasteiger partial charge in [0.15, 0.2) is 5.65 Å². The molecule has 2 aromatic heterocycles. The molecule has 4 aromatic rings. The number of hydrogen-bond donors (Lipinski definition) is 1. The van der Waals surface area contributed by atoms with Crippen molar-refractivity contribution in [3.05, 3.63) is 94.4 Å². The van der Waals surface area contributed by atoms with Crippen molar-refractivity contribution in [2.75, 3.05) is 5.32 Å². The lowest BCUT2D eigenvalue weighted by Gasteiger charge is -2.07. The molecule has 27 heavy (non-hydrogen) atoms. The third kappa shape index (κ3) is 4.23. The summed E-state index contributed by atoms with van der Waals surface area (Å²) in [5.74, 6) is 0.848. The van der Waals surface area contributed by atoms with Gasteiger partial charge in [0.05, 0.1) is 6.42 Å². The molecule has 2 aromatic carbocycles. The summed E-state index contributed by atoms with van der Waals surface area (Å²) >= 11 is 3.42. The topological polar surface area (TPSA) is 59.3 Å². The van der Waals surface area contributed by atoms with E-state index in [-0.39, 0.29) is 5.91 Å². The lowest BCUT2D eigenvalue weighted by Crippen LogP contribution is -2.14. The molecule has 0 saturated heterocycles. The number of anilines is 1. The molecule has 1 amide bonds. The Morgan fingerprint density at radius 3 is 2.63 bits per heavy atom. The van der Waals surface area contributed by atoms with E-state index >= 15 is 0 Å². The van der Waals surface area contributed by atoms with Crippen LogP contribution in [0.15, 0.2) is 77.4 Å². The van der Waals surface area contributed by atoms with E-state index in [2.05, 4.69) is 31.4 Å². The lowest BCUT2D eigenvalue weighted by atomic mass is 10.1. The van der Waals surface area contributed by atoms with Crippen molar-refractivity contribution in [2.24, 2.45) is 0 Å². The minimum absolute atomic E-state index is 0.0377. The highest BCUT2D eigenvalue weighted by molar-refractivity contribution is 9.10. The summed E-state index contributed by atoms with van der Waals surface area (Å²) < 4.78 is 2.95. The second-order valence-electron chi connectivity index (χ2n) is 6.27. The van der Waals surface area contributed by atoms with Crippen LogP contribution in [0.25, 0.3) is 5.65 Å². The third-order valence-electron chi connectivity index (χ3n) is 4.24. The van der Waals surface area contributed by atoms with Gasteiger partial charge in [0.2, 0.25) is 5.91 Å². The van der Waals surface area contributed by atoms with Gasteiger partial charge in [-0.1, -0.05) is 46.3 Å². The first-order valence-corrected chi connectivity index (χ1v) is 9.38. The van der Waals surface area contributed by atoms with Crippen LogP contribution in [0, 0.1) is 0 Å². The fraction of sp³-hybridized carbons (Fsp3) is 0.0952. The summed E-state index contributed by atoms with van der Waals surface area (Å²) in [5, 5.41) is 11.4. The molecule has 0 aliphatic heterocycles. The fourth-order valence-electron chi connectivity index (χ4n) is 2.94. The molecule has 2 heterocycles. The monoisotopic (exact) mass is 420 g/mol. The van der Waals surface area contributed by atoms with Crippen LogP contribution in [-0.2, 0) is 17.6 Å². The van der Waals surface area contributed by atoms with Crippen LogP contribution in [0.3, 0.4) is 0 Å². The van der Waals surface area contributed by atoms with Crippen LogP contribution in [-0.4, -0.2) is 20.5 Å². The molecule has 0 spiro atoms. The molecule has 0 saturated carbocycles. The SMILES string of the molecule is O=C(Cc1cccc(Br)c1)Nc1ccc(Cc2nnc3ccccn23)cc1. The van der Waals surface area contributed by atoms with Gasteiger partial charge in [-0.15, -0.1) is 10.2 Å². The summed E-state index contributed by atoms with van der Waals surface area (Å²) in [7, 11) is 0. The van der Waals surface area contributed by atoms with Gasteiger partial charge in [-0.3, -0.25) is 9.20 Å². The van der Waals surface area contributed by atoms with Crippen LogP contribution in [0.5, 0.6) is 0 Å². The summed E-state index contributed by atoms with van der Waals surface area (Å²) in [6.07, 6.45) is 2.98. The summed E-state index contributed by atoms with van der Waals surface area (Å²) in [6.45, 7) is 0. The quantitative estimate of drug-likeness (QED) is 0.524. The summed E-state index contributed by atoms with van der Waals surface area (Å²) in [5.41, 5.74) is 3.70. The van der Waals surface area contributed by atoms with Crippen LogP contribution in [0.4, 0.5) is 5.69 Å². The van der Waals surface area contributed by atoms with E-state index in [1.807, 2.05) is 77.3 Å². The first-order chi connectivity index (χ1) is 13.2. The van der Waals surface area contributed by atoms with E-state index in [4.69, 9.17) is 0 Å². The van der Waals surface area contributed by atoms with Crippen LogP contribution in [0.2, 0.25) is 0 Å². The maximum atomic E-state index is 12.2. The van der Waals surface area contributed by atoms with Gasteiger partial charge in [0.25, 0.3) is 0 Å². The summed E-state index contributed by atoms with van der Waals surface area (Å²) in [6, 6.07) is 21.4. The Kier molecular flexibility index (Phi) is 4.98. The zero-order valence-electron chi connectivity index (χ0n) is 14.5. The number of nitrogens with one attached hydrogen (secondary N) is 1. The standard InChI is InChI=1S/C21H17BrN4O/c22-17-5-3-4-16(12-17)14-21(27)23-18-9-7-15(8-10-18)13-20-25-24-19-6-1-2-11-26(19)20/h1-12H,13-14H2,(H,23,27). The van der Waals surface area contributed by atoms with Gasteiger partial charge in [0.1, 0.15) is 5.82 Å². The number of pyridine rings is 1. The van der Waals surface area contributed by atoms with Gasteiger partial charge < -0.3 is 5.32 Å². The van der Waals surface area contributed by atoms with E-state index in [0.29, 0.717) is 12.8 Å². The Labute approximate surface area is 165 Å². The van der Waals surface area contributed by atoms with Crippen molar-refractivity contribution >= 4 is 33.2 Å². The summed E-state index contributed by atoms with van der Waals surface area (Å²) in [4.78, 5) is 12.2. The number of hydrogen-bond acceptors (Lipinski definition) is 3. The van der Waals surface area contributed by atoms with Crippen molar-refractivity contribution in [3.8, 4) is 0 Å². The number of carbonyl (C=O) groups is 1. The molecule has 4 rings (SSSR count). The smallest absolute Gasteiger partial charge is 0.228 e. The minimum atomic E-state index is -0.0377. The van der Waals surface area contributed by atoms with Gasteiger partial charge in [-0.2, -0.15) is 0 Å². The molecule has 0 unspecified atom stereocenters. The number of halogens is 1. The number of aromatic nitrogens is 3. The Bertz CT molecular complexity index is 1090. The average Bonchev–Trinajstić information content (AvgIpc) is 3.06. The average molecular weight is 421 g/mol. The molecule has 0 bridgehead atoms. The first kappa shape index (κ1) is 17.4. The second kappa shape index (κ2) is 7.72. The van der Waals surface area contributed by atoms with Crippen molar-refractivity contribution in [3.63, 3.8) is 0 Å². The predicted octanol–water partition coefficient (Wildman–Crippen LogP) is 4.26. The first-order valence-electron chi connectivity index (χ1n) is 8.59. The Morgan fingerprint density at radius 2 is 1.81 bits per heavy atom. The molecular formula is C21H17BrN4O. The maximum absolute atomic E-state index is 12.2. The van der Waals surface area contributed by atoms with E-state index < -0.39 is 0 Å². The number of nitrogens with zero attached hydrogens (tertiary/aromatic N) is 3. The zero-order valence-corrected chi connectivity index (χ0v) is 16.1. The normalized spacial score (nSPS) is 10.9. The Morgan fingerprint density at radius 1 is 0.963 bits per heavy atom. The fourth-order valence-corrected chi connectivity index (χ4v) is 3.38. The maximum Gasteiger partial charge on any atom is 0.228 e. The zero-order chi connectivity index (χ0) is 18.6.